The molecule has 1 amide bonds. The summed E-state index contributed by atoms with van der Waals surface area (Å²) in [5.41, 5.74) is 1.29. The molecule has 0 saturated heterocycles. The average molecular weight is 440 g/mol. The van der Waals surface area contributed by atoms with Crippen LogP contribution in [0, 0.1) is 6.92 Å². The number of benzene rings is 1. The Labute approximate surface area is 180 Å². The van der Waals surface area contributed by atoms with Crippen molar-refractivity contribution in [2.45, 2.75) is 13.8 Å². The average Bonchev–Trinajstić information content (AvgIpc) is 3.48. The van der Waals surface area contributed by atoms with Crippen LogP contribution < -0.4 is 5.32 Å². The maximum atomic E-state index is 12.8. The number of esters is 1. The Hall–Kier alpha value is -3.37. The first-order valence-electron chi connectivity index (χ1n) is 9.09. The van der Waals surface area contributed by atoms with Crippen molar-refractivity contribution in [2.75, 3.05) is 11.9 Å². The van der Waals surface area contributed by atoms with Crippen molar-refractivity contribution in [3.63, 3.8) is 0 Å². The summed E-state index contributed by atoms with van der Waals surface area (Å²) >= 11 is 2.57. The summed E-state index contributed by atoms with van der Waals surface area (Å²) in [5.74, 6) is -0.386. The lowest BCUT2D eigenvalue weighted by atomic mass is 10.3. The standard InChI is InChI=1S/C20H17N5O3S2/c1-3-28-19(27)15-12(2)21-20(30-15)23-18(26)16-22-17(14-10-7-11-29-14)25(24-16)13-8-5-4-6-9-13/h4-11H,3H2,1-2H3,(H,21,23,26). The van der Waals surface area contributed by atoms with Crippen LogP contribution in [-0.4, -0.2) is 38.2 Å². The molecule has 0 unspecified atom stereocenters. The second-order valence-corrected chi connectivity index (χ2v) is 8.04. The summed E-state index contributed by atoms with van der Waals surface area (Å²) in [5, 5.41) is 9.32. The van der Waals surface area contributed by atoms with E-state index in [1.165, 1.54) is 11.3 Å². The number of aryl methyl sites for hydroxylation is 1. The molecule has 0 spiro atoms. The number of aromatic nitrogens is 4. The van der Waals surface area contributed by atoms with Gasteiger partial charge in [-0.3, -0.25) is 10.1 Å². The van der Waals surface area contributed by atoms with Crippen LogP contribution in [0.3, 0.4) is 0 Å². The molecule has 1 aromatic carbocycles. The summed E-state index contributed by atoms with van der Waals surface area (Å²) in [7, 11) is 0. The van der Waals surface area contributed by atoms with Gasteiger partial charge in [-0.25, -0.2) is 19.4 Å². The first-order valence-corrected chi connectivity index (χ1v) is 10.8. The molecule has 1 N–H and O–H groups in total. The number of thiazole rings is 1. The van der Waals surface area contributed by atoms with Crippen LogP contribution >= 0.6 is 22.7 Å². The topological polar surface area (TPSA) is 99.0 Å². The van der Waals surface area contributed by atoms with Gasteiger partial charge in [0.2, 0.25) is 5.82 Å². The van der Waals surface area contributed by atoms with Gasteiger partial charge < -0.3 is 4.74 Å². The molecular formula is C20H17N5O3S2. The molecule has 3 heterocycles. The third-order valence-electron chi connectivity index (χ3n) is 4.03. The molecule has 30 heavy (non-hydrogen) atoms. The first-order chi connectivity index (χ1) is 14.6. The number of anilines is 1. The van der Waals surface area contributed by atoms with E-state index in [0.29, 0.717) is 16.4 Å². The van der Waals surface area contributed by atoms with Crippen LogP contribution in [-0.2, 0) is 4.74 Å². The SMILES string of the molecule is CCOC(=O)c1sc(NC(=O)c2nc(-c3cccs3)n(-c3ccccc3)n2)nc1C. The molecule has 0 aliphatic carbocycles. The molecule has 0 radical (unpaired) electrons. The van der Waals surface area contributed by atoms with Crippen LogP contribution in [0.25, 0.3) is 16.4 Å². The van der Waals surface area contributed by atoms with Gasteiger partial charge in [-0.05, 0) is 37.4 Å². The maximum Gasteiger partial charge on any atom is 0.350 e. The molecule has 8 nitrogen and oxygen atoms in total. The minimum atomic E-state index is -0.508. The van der Waals surface area contributed by atoms with E-state index in [2.05, 4.69) is 20.4 Å². The highest BCUT2D eigenvalue weighted by Crippen LogP contribution is 2.27. The molecule has 152 valence electrons. The molecule has 0 bridgehead atoms. The molecule has 0 fully saturated rings. The number of nitrogens with one attached hydrogen (secondary N) is 1. The van der Waals surface area contributed by atoms with Crippen molar-refractivity contribution in [2.24, 2.45) is 0 Å². The third kappa shape index (κ3) is 4.00. The molecule has 10 heteroatoms. The number of carbonyl (C=O) groups excluding carboxylic acids is 2. The van der Waals surface area contributed by atoms with Gasteiger partial charge in [0.15, 0.2) is 11.0 Å². The molecule has 3 aromatic heterocycles. The summed E-state index contributed by atoms with van der Waals surface area (Å²) < 4.78 is 6.65. The monoisotopic (exact) mass is 439 g/mol. The van der Waals surface area contributed by atoms with Crippen molar-refractivity contribution in [3.8, 4) is 16.4 Å². The fourth-order valence-corrected chi connectivity index (χ4v) is 4.27. The van der Waals surface area contributed by atoms with Gasteiger partial charge in [0.25, 0.3) is 5.91 Å². The van der Waals surface area contributed by atoms with Gasteiger partial charge in [-0.15, -0.1) is 16.4 Å². The zero-order valence-corrected chi connectivity index (χ0v) is 17.8. The van der Waals surface area contributed by atoms with Crippen LogP contribution in [0.5, 0.6) is 0 Å². The third-order valence-corrected chi connectivity index (χ3v) is 5.95. The highest BCUT2D eigenvalue weighted by Gasteiger charge is 2.22. The van der Waals surface area contributed by atoms with Gasteiger partial charge in [-0.1, -0.05) is 35.6 Å². The molecule has 4 aromatic rings. The Kier molecular flexibility index (Phi) is 5.68. The fourth-order valence-electron chi connectivity index (χ4n) is 2.71. The van der Waals surface area contributed by atoms with E-state index < -0.39 is 11.9 Å². The summed E-state index contributed by atoms with van der Waals surface area (Å²) in [6, 6.07) is 13.3. The maximum absolute atomic E-state index is 12.8. The summed E-state index contributed by atoms with van der Waals surface area (Å²) in [6.45, 7) is 3.69. The number of rotatable bonds is 6. The summed E-state index contributed by atoms with van der Waals surface area (Å²) in [6.07, 6.45) is 0. The Morgan fingerprint density at radius 1 is 1.13 bits per heavy atom. The lowest BCUT2D eigenvalue weighted by molar-refractivity contribution is 0.0531. The van der Waals surface area contributed by atoms with Crippen LogP contribution in [0.1, 0.15) is 32.9 Å². The van der Waals surface area contributed by atoms with Crippen molar-refractivity contribution in [1.29, 1.82) is 0 Å². The van der Waals surface area contributed by atoms with E-state index >= 15 is 0 Å². The van der Waals surface area contributed by atoms with Crippen molar-refractivity contribution >= 4 is 39.7 Å². The minimum Gasteiger partial charge on any atom is -0.462 e. The molecule has 0 aliphatic rings. The normalized spacial score (nSPS) is 10.7. The molecule has 0 atom stereocenters. The smallest absolute Gasteiger partial charge is 0.350 e. The number of amides is 1. The van der Waals surface area contributed by atoms with E-state index in [-0.39, 0.29) is 17.6 Å². The quantitative estimate of drug-likeness (QED) is 0.452. The molecule has 0 aliphatic heterocycles. The lowest BCUT2D eigenvalue weighted by Crippen LogP contribution is -2.14. The van der Waals surface area contributed by atoms with Gasteiger partial charge >= 0.3 is 5.97 Å². The number of hydrogen-bond acceptors (Lipinski definition) is 8. The number of ether oxygens (including phenoxy) is 1. The predicted molar refractivity (Wildman–Crippen MR) is 115 cm³/mol. The molecule has 4 rings (SSSR count). The first kappa shape index (κ1) is 19.9. The van der Waals surface area contributed by atoms with E-state index in [4.69, 9.17) is 4.74 Å². The largest absolute Gasteiger partial charge is 0.462 e. The Balaban J connectivity index is 1.64. The van der Waals surface area contributed by atoms with Gasteiger partial charge in [-0.2, -0.15) is 0 Å². The Morgan fingerprint density at radius 2 is 1.93 bits per heavy atom. The fraction of sp³-hybridized carbons (Fsp3) is 0.150. The second-order valence-electron chi connectivity index (χ2n) is 6.09. The zero-order valence-electron chi connectivity index (χ0n) is 16.2. The predicted octanol–water partition coefficient (Wildman–Crippen LogP) is 4.19. The van der Waals surface area contributed by atoms with Crippen molar-refractivity contribution < 1.29 is 14.3 Å². The zero-order chi connectivity index (χ0) is 21.1. The number of para-hydroxylation sites is 1. The molecule has 0 saturated carbocycles. The van der Waals surface area contributed by atoms with Crippen LogP contribution in [0.2, 0.25) is 0 Å². The van der Waals surface area contributed by atoms with Gasteiger partial charge in [0.1, 0.15) is 4.88 Å². The van der Waals surface area contributed by atoms with Crippen LogP contribution in [0.4, 0.5) is 5.13 Å². The lowest BCUT2D eigenvalue weighted by Gasteiger charge is -2.03. The molecular weight excluding hydrogens is 422 g/mol. The van der Waals surface area contributed by atoms with Gasteiger partial charge in [0, 0.05) is 0 Å². The van der Waals surface area contributed by atoms with E-state index in [0.717, 1.165) is 21.9 Å². The van der Waals surface area contributed by atoms with Crippen molar-refractivity contribution in [3.05, 3.63) is 64.2 Å². The van der Waals surface area contributed by atoms with Gasteiger partial charge in [0.05, 0.1) is 22.9 Å². The summed E-state index contributed by atoms with van der Waals surface area (Å²) in [4.78, 5) is 34.7. The number of nitrogens with zero attached hydrogens (tertiary/aromatic N) is 4. The van der Waals surface area contributed by atoms with Crippen molar-refractivity contribution in [1.82, 2.24) is 19.7 Å². The Morgan fingerprint density at radius 3 is 2.63 bits per heavy atom. The Bertz CT molecular complexity index is 1180. The van der Waals surface area contributed by atoms with E-state index in [9.17, 15) is 9.59 Å². The number of hydrogen-bond donors (Lipinski definition) is 1. The van der Waals surface area contributed by atoms with E-state index in [1.807, 2.05) is 47.8 Å². The minimum absolute atomic E-state index is 0.00721. The van der Waals surface area contributed by atoms with E-state index in [1.54, 1.807) is 18.5 Å². The number of thiophene rings is 1. The highest BCUT2D eigenvalue weighted by molar-refractivity contribution is 7.17. The number of carbonyl (C=O) groups is 2. The second kappa shape index (κ2) is 8.56. The van der Waals surface area contributed by atoms with Crippen LogP contribution in [0.15, 0.2) is 47.8 Å². The highest BCUT2D eigenvalue weighted by atomic mass is 32.1.